The molecule has 21 heavy (non-hydrogen) atoms. The van der Waals surface area contributed by atoms with E-state index < -0.39 is 10.0 Å². The van der Waals surface area contributed by atoms with Gasteiger partial charge >= 0.3 is 0 Å². The SMILES string of the molecule is COc1c(C)ccc(NS(=O)(=O)c2ccccc2C)c1C. The van der Waals surface area contributed by atoms with Gasteiger partial charge in [-0.15, -0.1) is 0 Å². The molecule has 0 amide bonds. The number of aryl methyl sites for hydroxylation is 2. The van der Waals surface area contributed by atoms with Crippen molar-refractivity contribution in [1.82, 2.24) is 0 Å². The highest BCUT2D eigenvalue weighted by atomic mass is 32.2. The molecule has 0 aliphatic rings. The molecular formula is C16H19NO3S. The van der Waals surface area contributed by atoms with Gasteiger partial charge in [-0.3, -0.25) is 4.72 Å². The van der Waals surface area contributed by atoms with Gasteiger partial charge in [0.2, 0.25) is 0 Å². The Balaban J connectivity index is 2.45. The zero-order valence-electron chi connectivity index (χ0n) is 12.6. The van der Waals surface area contributed by atoms with Gasteiger partial charge in [-0.05, 0) is 44.0 Å². The molecule has 2 rings (SSSR count). The molecule has 1 N–H and O–H groups in total. The Morgan fingerprint density at radius 1 is 0.952 bits per heavy atom. The largest absolute Gasteiger partial charge is 0.496 e. The fraction of sp³-hybridized carbons (Fsp3) is 0.250. The minimum absolute atomic E-state index is 0.281. The van der Waals surface area contributed by atoms with Crippen molar-refractivity contribution < 1.29 is 13.2 Å². The molecule has 0 atom stereocenters. The van der Waals surface area contributed by atoms with Crippen LogP contribution in [0, 0.1) is 20.8 Å². The highest BCUT2D eigenvalue weighted by Gasteiger charge is 2.18. The third-order valence-corrected chi connectivity index (χ3v) is 4.96. The van der Waals surface area contributed by atoms with E-state index in [1.54, 1.807) is 38.3 Å². The molecule has 0 aromatic heterocycles. The molecule has 2 aromatic rings. The average molecular weight is 305 g/mol. The number of sulfonamides is 1. The zero-order chi connectivity index (χ0) is 15.6. The normalized spacial score (nSPS) is 11.2. The Morgan fingerprint density at radius 3 is 2.24 bits per heavy atom. The zero-order valence-corrected chi connectivity index (χ0v) is 13.4. The summed E-state index contributed by atoms with van der Waals surface area (Å²) in [6.45, 7) is 5.53. The molecular weight excluding hydrogens is 286 g/mol. The van der Waals surface area contributed by atoms with E-state index in [1.165, 1.54) is 0 Å². The number of rotatable bonds is 4. The lowest BCUT2D eigenvalue weighted by molar-refractivity contribution is 0.409. The van der Waals surface area contributed by atoms with Crippen LogP contribution in [0.1, 0.15) is 16.7 Å². The van der Waals surface area contributed by atoms with E-state index in [0.29, 0.717) is 17.0 Å². The van der Waals surface area contributed by atoms with Crippen LogP contribution in [-0.4, -0.2) is 15.5 Å². The van der Waals surface area contributed by atoms with Gasteiger partial charge in [0.15, 0.2) is 0 Å². The van der Waals surface area contributed by atoms with Gasteiger partial charge in [0.05, 0.1) is 17.7 Å². The Labute approximate surface area is 125 Å². The van der Waals surface area contributed by atoms with Crippen LogP contribution >= 0.6 is 0 Å². The van der Waals surface area contributed by atoms with Gasteiger partial charge in [-0.25, -0.2) is 8.42 Å². The third-order valence-electron chi connectivity index (χ3n) is 3.43. The first-order chi connectivity index (χ1) is 9.86. The molecule has 0 heterocycles. The van der Waals surface area contributed by atoms with E-state index >= 15 is 0 Å². The van der Waals surface area contributed by atoms with Crippen LogP contribution in [0.5, 0.6) is 5.75 Å². The summed E-state index contributed by atoms with van der Waals surface area (Å²) in [5.41, 5.74) is 2.98. The molecule has 0 aliphatic heterocycles. The molecule has 2 aromatic carbocycles. The molecule has 0 aliphatic carbocycles. The van der Waals surface area contributed by atoms with Crippen molar-refractivity contribution in [2.24, 2.45) is 0 Å². The third kappa shape index (κ3) is 3.03. The maximum Gasteiger partial charge on any atom is 0.262 e. The highest BCUT2D eigenvalue weighted by Crippen LogP contribution is 2.30. The summed E-state index contributed by atoms with van der Waals surface area (Å²) in [5.74, 6) is 0.694. The van der Waals surface area contributed by atoms with Gasteiger partial charge in [0.1, 0.15) is 5.75 Å². The molecule has 5 heteroatoms. The number of ether oxygens (including phenoxy) is 1. The monoisotopic (exact) mass is 305 g/mol. The first kappa shape index (κ1) is 15.4. The summed E-state index contributed by atoms with van der Waals surface area (Å²) in [7, 11) is -2.03. The predicted octanol–water partition coefficient (Wildman–Crippen LogP) is 3.42. The summed E-state index contributed by atoms with van der Waals surface area (Å²) in [6, 6.07) is 10.5. The van der Waals surface area contributed by atoms with E-state index in [1.807, 2.05) is 26.0 Å². The van der Waals surface area contributed by atoms with Gasteiger partial charge in [-0.2, -0.15) is 0 Å². The van der Waals surface area contributed by atoms with Crippen LogP contribution in [0.15, 0.2) is 41.3 Å². The number of nitrogens with one attached hydrogen (secondary N) is 1. The number of methoxy groups -OCH3 is 1. The van der Waals surface area contributed by atoms with Crippen molar-refractivity contribution in [2.75, 3.05) is 11.8 Å². The fourth-order valence-corrected chi connectivity index (χ4v) is 3.68. The van der Waals surface area contributed by atoms with Crippen LogP contribution < -0.4 is 9.46 Å². The summed E-state index contributed by atoms with van der Waals surface area (Å²) in [6.07, 6.45) is 0. The molecule has 0 saturated heterocycles. The van der Waals surface area contributed by atoms with Crippen LogP contribution in [0.3, 0.4) is 0 Å². The molecule has 0 radical (unpaired) electrons. The van der Waals surface area contributed by atoms with Gasteiger partial charge in [0, 0.05) is 5.56 Å². The quantitative estimate of drug-likeness (QED) is 0.941. The Hall–Kier alpha value is -2.01. The second kappa shape index (κ2) is 5.77. The Kier molecular flexibility index (Phi) is 4.23. The lowest BCUT2D eigenvalue weighted by atomic mass is 10.1. The maximum absolute atomic E-state index is 12.5. The lowest BCUT2D eigenvalue weighted by Crippen LogP contribution is -2.15. The van der Waals surface area contributed by atoms with Crippen LogP contribution in [0.4, 0.5) is 5.69 Å². The van der Waals surface area contributed by atoms with Crippen molar-refractivity contribution >= 4 is 15.7 Å². The van der Waals surface area contributed by atoms with Gasteiger partial charge in [-0.1, -0.05) is 24.3 Å². The number of anilines is 1. The molecule has 0 bridgehead atoms. The van der Waals surface area contributed by atoms with E-state index in [0.717, 1.165) is 11.1 Å². The topological polar surface area (TPSA) is 55.4 Å². The summed E-state index contributed by atoms with van der Waals surface area (Å²) in [5, 5.41) is 0. The number of benzene rings is 2. The van der Waals surface area contributed by atoms with Gasteiger partial charge in [0.25, 0.3) is 10.0 Å². The first-order valence-electron chi connectivity index (χ1n) is 6.59. The van der Waals surface area contributed by atoms with Crippen molar-refractivity contribution in [1.29, 1.82) is 0 Å². The predicted molar refractivity (Wildman–Crippen MR) is 84.5 cm³/mol. The van der Waals surface area contributed by atoms with Gasteiger partial charge < -0.3 is 4.74 Å². The van der Waals surface area contributed by atoms with Crippen LogP contribution in [0.25, 0.3) is 0 Å². The van der Waals surface area contributed by atoms with E-state index in [4.69, 9.17) is 4.74 Å². The van der Waals surface area contributed by atoms with Crippen LogP contribution in [0.2, 0.25) is 0 Å². The Morgan fingerprint density at radius 2 is 1.62 bits per heavy atom. The van der Waals surface area contributed by atoms with Crippen molar-refractivity contribution in [3.63, 3.8) is 0 Å². The molecule has 0 saturated carbocycles. The first-order valence-corrected chi connectivity index (χ1v) is 8.08. The highest BCUT2D eigenvalue weighted by molar-refractivity contribution is 7.92. The molecule has 0 unspecified atom stereocenters. The molecule has 0 fully saturated rings. The van der Waals surface area contributed by atoms with Crippen molar-refractivity contribution in [3.8, 4) is 5.75 Å². The van der Waals surface area contributed by atoms with E-state index in [-0.39, 0.29) is 4.90 Å². The fourth-order valence-electron chi connectivity index (χ4n) is 2.31. The average Bonchev–Trinajstić information content (AvgIpc) is 2.43. The number of hydrogen-bond donors (Lipinski definition) is 1. The minimum Gasteiger partial charge on any atom is -0.496 e. The Bertz CT molecular complexity index is 767. The summed E-state index contributed by atoms with van der Waals surface area (Å²) < 4.78 is 33.0. The molecule has 0 spiro atoms. The number of hydrogen-bond acceptors (Lipinski definition) is 3. The molecule has 112 valence electrons. The van der Waals surface area contributed by atoms with E-state index in [2.05, 4.69) is 4.72 Å². The molecule has 4 nitrogen and oxygen atoms in total. The maximum atomic E-state index is 12.5. The summed E-state index contributed by atoms with van der Waals surface area (Å²) in [4.78, 5) is 0.281. The second-order valence-corrected chi connectivity index (χ2v) is 6.61. The summed E-state index contributed by atoms with van der Waals surface area (Å²) >= 11 is 0. The minimum atomic E-state index is -3.61. The standard InChI is InChI=1S/C16H19NO3S/c1-11-7-5-6-8-15(11)21(18,19)17-14-10-9-12(2)16(20-4)13(14)3/h5-10,17H,1-4H3. The van der Waals surface area contributed by atoms with Crippen LogP contribution in [-0.2, 0) is 10.0 Å². The van der Waals surface area contributed by atoms with Crippen molar-refractivity contribution in [3.05, 3.63) is 53.1 Å². The van der Waals surface area contributed by atoms with E-state index in [9.17, 15) is 8.42 Å². The lowest BCUT2D eigenvalue weighted by Gasteiger charge is -2.15. The smallest absolute Gasteiger partial charge is 0.262 e. The van der Waals surface area contributed by atoms with Crippen molar-refractivity contribution in [2.45, 2.75) is 25.7 Å². The second-order valence-electron chi connectivity index (χ2n) is 4.96.